The number of unbranched alkanes of at least 4 members (excludes halogenated alkanes) is 2. The molecule has 4 aromatic rings. The molecule has 6 heteroatoms. The summed E-state index contributed by atoms with van der Waals surface area (Å²) in [5.74, 6) is -4.56. The Bertz CT molecular complexity index is 1350. The third-order valence-electron chi connectivity index (χ3n) is 6.31. The van der Waals surface area contributed by atoms with Crippen LogP contribution in [-0.2, 0) is 13.0 Å². The minimum Gasteiger partial charge on any atom is -0.494 e. The van der Waals surface area contributed by atoms with Gasteiger partial charge < -0.3 is 9.47 Å². The predicted octanol–water partition coefficient (Wildman–Crippen LogP) is 8.90. The Balaban J connectivity index is 1.46. The molecular formula is C31H28F4O2. The highest BCUT2D eigenvalue weighted by Gasteiger charge is 2.17. The SMILES string of the molecule is CCCCCc1ccc(-c2ccc(-c3ccc(COc4ccc(OC)c(F)c4F)cc3)c(F)c2F)cc1. The van der Waals surface area contributed by atoms with Gasteiger partial charge in [-0.1, -0.05) is 80.4 Å². The second-order valence-electron chi connectivity index (χ2n) is 8.82. The topological polar surface area (TPSA) is 18.5 Å². The maximum Gasteiger partial charge on any atom is 0.204 e. The van der Waals surface area contributed by atoms with Crippen molar-refractivity contribution < 1.29 is 27.0 Å². The van der Waals surface area contributed by atoms with E-state index >= 15 is 8.78 Å². The molecular weight excluding hydrogens is 480 g/mol. The Labute approximate surface area is 214 Å². The lowest BCUT2D eigenvalue weighted by molar-refractivity contribution is 0.280. The fourth-order valence-corrected chi connectivity index (χ4v) is 4.15. The number of benzene rings is 4. The van der Waals surface area contributed by atoms with Crippen LogP contribution in [0.4, 0.5) is 17.6 Å². The molecule has 0 saturated carbocycles. The molecule has 0 heterocycles. The van der Waals surface area contributed by atoms with Crippen molar-refractivity contribution in [1.82, 2.24) is 0 Å². The third kappa shape index (κ3) is 5.96. The first kappa shape index (κ1) is 26.3. The Morgan fingerprint density at radius 2 is 1.08 bits per heavy atom. The number of rotatable bonds is 10. The second kappa shape index (κ2) is 12.0. The first-order valence-electron chi connectivity index (χ1n) is 12.2. The lowest BCUT2D eigenvalue weighted by Gasteiger charge is -2.12. The van der Waals surface area contributed by atoms with Gasteiger partial charge in [0.15, 0.2) is 23.1 Å². The van der Waals surface area contributed by atoms with Crippen molar-refractivity contribution in [3.8, 4) is 33.8 Å². The Morgan fingerprint density at radius 3 is 1.62 bits per heavy atom. The van der Waals surface area contributed by atoms with E-state index in [0.29, 0.717) is 16.7 Å². The minimum absolute atomic E-state index is 0.0345. The van der Waals surface area contributed by atoms with Gasteiger partial charge in [0.1, 0.15) is 6.61 Å². The van der Waals surface area contributed by atoms with Gasteiger partial charge in [0.25, 0.3) is 0 Å². The van der Waals surface area contributed by atoms with Crippen LogP contribution in [-0.4, -0.2) is 7.11 Å². The molecule has 0 N–H and O–H groups in total. The van der Waals surface area contributed by atoms with Crippen LogP contribution in [0.3, 0.4) is 0 Å². The lowest BCUT2D eigenvalue weighted by Crippen LogP contribution is -2.00. The molecule has 0 spiro atoms. The lowest BCUT2D eigenvalue weighted by atomic mass is 9.97. The summed E-state index contributed by atoms with van der Waals surface area (Å²) < 4.78 is 68.2. The van der Waals surface area contributed by atoms with Gasteiger partial charge in [-0.05, 0) is 47.2 Å². The fraction of sp³-hybridized carbons (Fsp3) is 0.226. The molecule has 0 amide bonds. The number of hydrogen-bond donors (Lipinski definition) is 0. The van der Waals surface area contributed by atoms with Crippen molar-refractivity contribution in [3.05, 3.63) is 107 Å². The average molecular weight is 509 g/mol. The van der Waals surface area contributed by atoms with Gasteiger partial charge in [-0.15, -0.1) is 0 Å². The maximum atomic E-state index is 15.0. The van der Waals surface area contributed by atoms with Crippen molar-refractivity contribution >= 4 is 0 Å². The zero-order chi connectivity index (χ0) is 26.4. The van der Waals surface area contributed by atoms with Crippen molar-refractivity contribution in [2.24, 2.45) is 0 Å². The third-order valence-corrected chi connectivity index (χ3v) is 6.31. The number of hydrogen-bond acceptors (Lipinski definition) is 2. The second-order valence-corrected chi connectivity index (χ2v) is 8.82. The first-order chi connectivity index (χ1) is 17.9. The molecule has 0 radical (unpaired) electrons. The summed E-state index contributed by atoms with van der Waals surface area (Å²) in [5.41, 5.74) is 3.28. The summed E-state index contributed by atoms with van der Waals surface area (Å²) in [6.45, 7) is 2.12. The van der Waals surface area contributed by atoms with Crippen molar-refractivity contribution in [1.29, 1.82) is 0 Å². The summed E-state index contributed by atoms with van der Waals surface area (Å²) in [7, 11) is 1.24. The van der Waals surface area contributed by atoms with Crippen LogP contribution in [0.1, 0.15) is 37.3 Å². The molecule has 0 bridgehead atoms. The highest BCUT2D eigenvalue weighted by atomic mass is 19.2. The van der Waals surface area contributed by atoms with E-state index in [0.717, 1.165) is 25.7 Å². The Morgan fingerprint density at radius 1 is 0.568 bits per heavy atom. The standard InChI is InChI=1S/C31H28F4O2/c1-3-4-5-6-20-7-11-22(12-8-20)24-15-16-25(29(33)28(24)32)23-13-9-21(10-14-23)19-37-27-18-17-26(36-2)30(34)31(27)35/h7-18H,3-6,19H2,1-2H3. The van der Waals surface area contributed by atoms with E-state index < -0.39 is 23.3 Å². The number of halogens is 4. The molecule has 37 heavy (non-hydrogen) atoms. The smallest absolute Gasteiger partial charge is 0.204 e. The Kier molecular flexibility index (Phi) is 8.49. The van der Waals surface area contributed by atoms with E-state index in [9.17, 15) is 8.78 Å². The van der Waals surface area contributed by atoms with E-state index in [1.807, 2.05) is 24.3 Å². The highest BCUT2D eigenvalue weighted by Crippen LogP contribution is 2.32. The molecule has 0 fully saturated rings. The minimum atomic E-state index is -1.14. The monoisotopic (exact) mass is 508 g/mol. The molecule has 0 aliphatic heterocycles. The van der Waals surface area contributed by atoms with Crippen LogP contribution in [0.25, 0.3) is 22.3 Å². The quantitative estimate of drug-likeness (QED) is 0.157. The Hall–Kier alpha value is -3.80. The van der Waals surface area contributed by atoms with E-state index in [1.54, 1.807) is 36.4 Å². The van der Waals surface area contributed by atoms with E-state index in [4.69, 9.17) is 9.47 Å². The maximum absolute atomic E-state index is 15.0. The molecule has 0 atom stereocenters. The van der Waals surface area contributed by atoms with Crippen LogP contribution in [0.5, 0.6) is 11.5 Å². The van der Waals surface area contributed by atoms with Gasteiger partial charge in [0, 0.05) is 11.1 Å². The van der Waals surface area contributed by atoms with Gasteiger partial charge in [-0.2, -0.15) is 8.78 Å². The van der Waals surface area contributed by atoms with E-state index in [1.165, 1.54) is 24.8 Å². The van der Waals surface area contributed by atoms with Crippen molar-refractivity contribution in [2.75, 3.05) is 7.11 Å². The van der Waals surface area contributed by atoms with Gasteiger partial charge >= 0.3 is 0 Å². The van der Waals surface area contributed by atoms with Crippen LogP contribution in [0.2, 0.25) is 0 Å². The summed E-state index contributed by atoms with van der Waals surface area (Å²) in [6, 6.07) is 19.9. The molecule has 0 unspecified atom stereocenters. The van der Waals surface area contributed by atoms with Crippen LogP contribution >= 0.6 is 0 Å². The van der Waals surface area contributed by atoms with Crippen LogP contribution < -0.4 is 9.47 Å². The number of methoxy groups -OCH3 is 1. The normalized spacial score (nSPS) is 11.0. The fourth-order valence-electron chi connectivity index (χ4n) is 4.15. The molecule has 4 aromatic carbocycles. The van der Waals surface area contributed by atoms with Gasteiger partial charge in [-0.25, -0.2) is 8.78 Å². The zero-order valence-electron chi connectivity index (χ0n) is 20.8. The highest BCUT2D eigenvalue weighted by molar-refractivity contribution is 5.72. The summed E-state index contributed by atoms with van der Waals surface area (Å²) in [5, 5.41) is 0. The van der Waals surface area contributed by atoms with Crippen LogP contribution in [0.15, 0.2) is 72.8 Å². The molecule has 0 saturated heterocycles. The molecule has 2 nitrogen and oxygen atoms in total. The van der Waals surface area contributed by atoms with Gasteiger partial charge in [-0.3, -0.25) is 0 Å². The first-order valence-corrected chi connectivity index (χ1v) is 12.2. The average Bonchev–Trinajstić information content (AvgIpc) is 2.92. The summed E-state index contributed by atoms with van der Waals surface area (Å²) in [4.78, 5) is 0. The molecule has 4 rings (SSSR count). The predicted molar refractivity (Wildman–Crippen MR) is 138 cm³/mol. The largest absolute Gasteiger partial charge is 0.494 e. The van der Waals surface area contributed by atoms with Crippen LogP contribution in [0, 0.1) is 23.3 Å². The van der Waals surface area contributed by atoms with E-state index in [-0.39, 0.29) is 29.2 Å². The molecule has 0 aliphatic carbocycles. The molecule has 0 aromatic heterocycles. The van der Waals surface area contributed by atoms with E-state index in [2.05, 4.69) is 6.92 Å². The molecule has 192 valence electrons. The van der Waals surface area contributed by atoms with Gasteiger partial charge in [0.2, 0.25) is 11.6 Å². The van der Waals surface area contributed by atoms with Crippen molar-refractivity contribution in [3.63, 3.8) is 0 Å². The van der Waals surface area contributed by atoms with Crippen molar-refractivity contribution in [2.45, 2.75) is 39.2 Å². The number of ether oxygens (including phenoxy) is 2. The zero-order valence-corrected chi connectivity index (χ0v) is 20.8. The molecule has 0 aliphatic rings. The number of aryl methyl sites for hydroxylation is 1. The summed E-state index contributed by atoms with van der Waals surface area (Å²) in [6.07, 6.45) is 4.39. The summed E-state index contributed by atoms with van der Waals surface area (Å²) >= 11 is 0. The van der Waals surface area contributed by atoms with Gasteiger partial charge in [0.05, 0.1) is 7.11 Å².